The molecule has 0 bridgehead atoms. The van der Waals surface area contributed by atoms with Crippen LogP contribution >= 0.6 is 15.9 Å². The van der Waals surface area contributed by atoms with E-state index in [1.807, 2.05) is 0 Å². The van der Waals surface area contributed by atoms with Crippen molar-refractivity contribution in [2.75, 3.05) is 5.73 Å². The van der Waals surface area contributed by atoms with Crippen LogP contribution in [0.1, 0.15) is 15.9 Å². The van der Waals surface area contributed by atoms with Gasteiger partial charge < -0.3 is 5.73 Å². The van der Waals surface area contributed by atoms with Crippen molar-refractivity contribution in [2.45, 2.75) is 0 Å². The number of nitrogens with two attached hydrogens (primary N) is 1. The van der Waals surface area contributed by atoms with E-state index in [1.54, 1.807) is 42.5 Å². The molecule has 2 N–H and O–H groups in total. The number of fused-ring (bicyclic) bond motifs is 1. The molecule has 3 aromatic rings. The van der Waals surface area contributed by atoms with Gasteiger partial charge in [-0.15, -0.1) is 0 Å². The van der Waals surface area contributed by atoms with Gasteiger partial charge in [0.05, 0.1) is 0 Å². The average Bonchev–Trinajstić information content (AvgIpc) is 2.50. The zero-order valence-electron chi connectivity index (χ0n) is 10.9. The predicted octanol–water partition coefficient (Wildman–Crippen LogP) is 4.55. The molecule has 3 rings (SSSR count). The Labute approximate surface area is 129 Å². The third kappa shape index (κ3) is 2.43. The Kier molecular flexibility index (Phi) is 3.47. The van der Waals surface area contributed by atoms with E-state index in [2.05, 4.69) is 15.9 Å². The van der Waals surface area contributed by atoms with Crippen LogP contribution in [0.25, 0.3) is 10.8 Å². The number of ketones is 1. The molecule has 104 valence electrons. The summed E-state index contributed by atoms with van der Waals surface area (Å²) in [5.41, 5.74) is 7.28. The van der Waals surface area contributed by atoms with E-state index < -0.39 is 0 Å². The third-order valence-corrected chi connectivity index (χ3v) is 4.06. The van der Waals surface area contributed by atoms with Crippen LogP contribution in [0.2, 0.25) is 0 Å². The maximum absolute atomic E-state index is 13.8. The summed E-state index contributed by atoms with van der Waals surface area (Å²) in [7, 11) is 0. The Bertz CT molecular complexity index is 861. The number of rotatable bonds is 2. The zero-order valence-corrected chi connectivity index (χ0v) is 12.5. The van der Waals surface area contributed by atoms with E-state index in [0.29, 0.717) is 32.1 Å². The summed E-state index contributed by atoms with van der Waals surface area (Å²) in [5, 5.41) is 1.05. The summed E-state index contributed by atoms with van der Waals surface area (Å²) in [4.78, 5) is 12.7. The molecule has 0 aliphatic heterocycles. The monoisotopic (exact) mass is 343 g/mol. The van der Waals surface area contributed by atoms with Crippen molar-refractivity contribution >= 4 is 38.2 Å². The lowest BCUT2D eigenvalue weighted by Gasteiger charge is -2.08. The van der Waals surface area contributed by atoms with Crippen molar-refractivity contribution < 1.29 is 9.18 Å². The van der Waals surface area contributed by atoms with E-state index in [-0.39, 0.29) is 11.6 Å². The fourth-order valence-electron chi connectivity index (χ4n) is 2.28. The fourth-order valence-corrected chi connectivity index (χ4v) is 2.66. The first-order chi connectivity index (χ1) is 10.1. The molecule has 0 saturated carbocycles. The summed E-state index contributed by atoms with van der Waals surface area (Å²) >= 11 is 3.31. The van der Waals surface area contributed by atoms with Gasteiger partial charge in [-0.3, -0.25) is 4.79 Å². The number of carbonyl (C=O) groups is 1. The highest BCUT2D eigenvalue weighted by Gasteiger charge is 2.15. The number of benzene rings is 3. The lowest BCUT2D eigenvalue weighted by molar-refractivity contribution is 0.104. The quantitative estimate of drug-likeness (QED) is 0.547. The standard InChI is InChI=1S/C17H11BrFNO/c18-14-9-10(5-8-16(14)20)17(21)13-6-7-15(19)12-4-2-1-3-11(12)13/h1-9H,20H2. The van der Waals surface area contributed by atoms with Gasteiger partial charge in [0.15, 0.2) is 5.78 Å². The molecule has 0 aliphatic carbocycles. The maximum atomic E-state index is 13.8. The van der Waals surface area contributed by atoms with Gasteiger partial charge in [0, 0.05) is 26.7 Å². The molecule has 0 heterocycles. The van der Waals surface area contributed by atoms with Crippen LogP contribution in [-0.2, 0) is 0 Å². The average molecular weight is 344 g/mol. The van der Waals surface area contributed by atoms with E-state index in [1.165, 1.54) is 12.1 Å². The predicted molar refractivity (Wildman–Crippen MR) is 85.9 cm³/mol. The van der Waals surface area contributed by atoms with Crippen LogP contribution in [0.15, 0.2) is 59.1 Å². The second-order valence-corrected chi connectivity index (χ2v) is 5.56. The van der Waals surface area contributed by atoms with Crippen molar-refractivity contribution in [3.05, 3.63) is 76.0 Å². The Morgan fingerprint density at radius 2 is 1.71 bits per heavy atom. The molecule has 21 heavy (non-hydrogen) atoms. The van der Waals surface area contributed by atoms with Crippen molar-refractivity contribution in [2.24, 2.45) is 0 Å². The Hall–Kier alpha value is -2.20. The first-order valence-corrected chi connectivity index (χ1v) is 7.14. The van der Waals surface area contributed by atoms with Gasteiger partial charge in [0.2, 0.25) is 0 Å². The summed E-state index contributed by atoms with van der Waals surface area (Å²) in [6, 6.07) is 14.8. The highest BCUT2D eigenvalue weighted by Crippen LogP contribution is 2.26. The number of nitrogen functional groups attached to an aromatic ring is 1. The van der Waals surface area contributed by atoms with Crippen molar-refractivity contribution in [1.29, 1.82) is 0 Å². The molecule has 4 heteroatoms. The molecule has 0 saturated heterocycles. The van der Waals surface area contributed by atoms with Gasteiger partial charge in [-0.05, 0) is 51.6 Å². The lowest BCUT2D eigenvalue weighted by atomic mass is 9.97. The molecular formula is C17H11BrFNO. The molecule has 0 spiro atoms. The van der Waals surface area contributed by atoms with Gasteiger partial charge >= 0.3 is 0 Å². The van der Waals surface area contributed by atoms with Crippen LogP contribution in [0, 0.1) is 5.82 Å². The molecule has 0 atom stereocenters. The van der Waals surface area contributed by atoms with Gasteiger partial charge in [0.1, 0.15) is 5.82 Å². The second-order valence-electron chi connectivity index (χ2n) is 4.71. The number of anilines is 1. The van der Waals surface area contributed by atoms with Crippen LogP contribution in [0.4, 0.5) is 10.1 Å². The summed E-state index contributed by atoms with van der Waals surface area (Å²) < 4.78 is 14.5. The zero-order chi connectivity index (χ0) is 15.0. The van der Waals surface area contributed by atoms with Crippen molar-refractivity contribution in [3.8, 4) is 0 Å². The van der Waals surface area contributed by atoms with Gasteiger partial charge in [-0.1, -0.05) is 24.3 Å². The Balaban J connectivity index is 2.18. The van der Waals surface area contributed by atoms with Crippen LogP contribution in [0.3, 0.4) is 0 Å². The number of halogens is 2. The third-order valence-electron chi connectivity index (χ3n) is 3.38. The first kappa shape index (κ1) is 13.8. The number of hydrogen-bond donors (Lipinski definition) is 1. The molecule has 2 nitrogen and oxygen atoms in total. The highest BCUT2D eigenvalue weighted by atomic mass is 79.9. The summed E-state index contributed by atoms with van der Waals surface area (Å²) in [5.74, 6) is -0.493. The minimum Gasteiger partial charge on any atom is -0.398 e. The van der Waals surface area contributed by atoms with Gasteiger partial charge in [-0.25, -0.2) is 4.39 Å². The first-order valence-electron chi connectivity index (χ1n) is 6.35. The smallest absolute Gasteiger partial charge is 0.193 e. The molecule has 0 amide bonds. The number of hydrogen-bond acceptors (Lipinski definition) is 2. The number of carbonyl (C=O) groups excluding carboxylic acids is 1. The van der Waals surface area contributed by atoms with Crippen molar-refractivity contribution in [3.63, 3.8) is 0 Å². The summed E-state index contributed by atoms with van der Waals surface area (Å²) in [6.07, 6.45) is 0. The molecule has 0 aromatic heterocycles. The van der Waals surface area contributed by atoms with Crippen LogP contribution in [0.5, 0.6) is 0 Å². The van der Waals surface area contributed by atoms with Crippen LogP contribution < -0.4 is 5.73 Å². The minimum absolute atomic E-state index is 0.160. The summed E-state index contributed by atoms with van der Waals surface area (Å²) in [6.45, 7) is 0. The fraction of sp³-hybridized carbons (Fsp3) is 0. The Morgan fingerprint density at radius 1 is 1.00 bits per heavy atom. The molecular weight excluding hydrogens is 333 g/mol. The van der Waals surface area contributed by atoms with Gasteiger partial charge in [0.25, 0.3) is 0 Å². The minimum atomic E-state index is -0.333. The molecule has 0 radical (unpaired) electrons. The van der Waals surface area contributed by atoms with Crippen molar-refractivity contribution in [1.82, 2.24) is 0 Å². The van der Waals surface area contributed by atoms with E-state index in [4.69, 9.17) is 5.73 Å². The molecule has 3 aromatic carbocycles. The van der Waals surface area contributed by atoms with E-state index in [9.17, 15) is 9.18 Å². The SMILES string of the molecule is Nc1ccc(C(=O)c2ccc(F)c3ccccc23)cc1Br. The van der Waals surface area contributed by atoms with E-state index >= 15 is 0 Å². The topological polar surface area (TPSA) is 43.1 Å². The molecule has 0 fully saturated rings. The maximum Gasteiger partial charge on any atom is 0.193 e. The Morgan fingerprint density at radius 3 is 2.43 bits per heavy atom. The molecule has 0 aliphatic rings. The van der Waals surface area contributed by atoms with E-state index in [0.717, 1.165) is 0 Å². The molecule has 0 unspecified atom stereocenters. The largest absolute Gasteiger partial charge is 0.398 e. The normalized spacial score (nSPS) is 10.8. The second kappa shape index (κ2) is 5.30. The van der Waals surface area contributed by atoms with Crippen LogP contribution in [-0.4, -0.2) is 5.78 Å². The highest BCUT2D eigenvalue weighted by molar-refractivity contribution is 9.10. The lowest BCUT2D eigenvalue weighted by Crippen LogP contribution is -2.03. The van der Waals surface area contributed by atoms with Gasteiger partial charge in [-0.2, -0.15) is 0 Å².